The van der Waals surface area contributed by atoms with Gasteiger partial charge in [0.05, 0.1) is 0 Å². The van der Waals surface area contributed by atoms with E-state index in [0.717, 1.165) is 45.2 Å². The second kappa shape index (κ2) is 7.68. The van der Waals surface area contributed by atoms with E-state index in [9.17, 15) is 0 Å². The molecule has 4 aromatic heterocycles. The molecule has 8 heteroatoms. The molecule has 1 aliphatic rings. The summed E-state index contributed by atoms with van der Waals surface area (Å²) in [7, 11) is 0. The van der Waals surface area contributed by atoms with E-state index in [2.05, 4.69) is 43.2 Å². The van der Waals surface area contributed by atoms with Crippen molar-refractivity contribution in [3.8, 4) is 11.4 Å². The Morgan fingerprint density at radius 3 is 2.97 bits per heavy atom. The average molecular weight is 421 g/mol. The van der Waals surface area contributed by atoms with Crippen LogP contribution in [0.25, 0.3) is 21.6 Å². The summed E-state index contributed by atoms with van der Waals surface area (Å²) in [6, 6.07) is 3.88. The summed E-state index contributed by atoms with van der Waals surface area (Å²) in [5, 5.41) is 11.9. The van der Waals surface area contributed by atoms with E-state index in [1.807, 2.05) is 29.5 Å². The van der Waals surface area contributed by atoms with E-state index >= 15 is 0 Å². The van der Waals surface area contributed by atoms with Crippen LogP contribution in [0.15, 0.2) is 53.7 Å². The maximum atomic E-state index is 4.63. The van der Waals surface area contributed by atoms with Gasteiger partial charge in [-0.3, -0.25) is 9.55 Å². The summed E-state index contributed by atoms with van der Waals surface area (Å²) in [5.74, 6) is 1.54. The second-order valence-electron chi connectivity index (χ2n) is 7.25. The predicted molar refractivity (Wildman–Crippen MR) is 116 cm³/mol. The van der Waals surface area contributed by atoms with Gasteiger partial charge >= 0.3 is 0 Å². The molecule has 0 N–H and O–H groups in total. The molecular formula is C21H20N6S2. The third-order valence-electron chi connectivity index (χ3n) is 5.21. The smallest absolute Gasteiger partial charge is 0.198 e. The Bertz CT molecular complexity index is 1180. The maximum absolute atomic E-state index is 4.63. The molecule has 0 saturated heterocycles. The van der Waals surface area contributed by atoms with Crippen molar-refractivity contribution < 1.29 is 0 Å². The number of hydrogen-bond donors (Lipinski definition) is 0. The lowest BCUT2D eigenvalue weighted by atomic mass is 9.89. The van der Waals surface area contributed by atoms with Crippen LogP contribution >= 0.6 is 23.1 Å². The van der Waals surface area contributed by atoms with E-state index < -0.39 is 0 Å². The third kappa shape index (κ3) is 3.36. The van der Waals surface area contributed by atoms with Crippen molar-refractivity contribution in [2.45, 2.75) is 42.9 Å². The van der Waals surface area contributed by atoms with Crippen LogP contribution in [0.1, 0.15) is 23.8 Å². The molecule has 0 aromatic carbocycles. The van der Waals surface area contributed by atoms with E-state index in [-0.39, 0.29) is 0 Å². The van der Waals surface area contributed by atoms with Crippen molar-refractivity contribution in [1.82, 2.24) is 29.7 Å². The van der Waals surface area contributed by atoms with Gasteiger partial charge in [-0.15, -0.1) is 28.1 Å². The van der Waals surface area contributed by atoms with Gasteiger partial charge in [0.2, 0.25) is 0 Å². The summed E-state index contributed by atoms with van der Waals surface area (Å²) in [5.41, 5.74) is 2.41. The minimum Gasteiger partial charge on any atom is -0.298 e. The summed E-state index contributed by atoms with van der Waals surface area (Å²) in [6.45, 7) is 6.85. The van der Waals surface area contributed by atoms with E-state index in [1.54, 1.807) is 30.5 Å². The van der Waals surface area contributed by atoms with E-state index in [4.69, 9.17) is 0 Å². The number of nitrogens with zero attached hydrogens (tertiary/aromatic N) is 6. The van der Waals surface area contributed by atoms with Gasteiger partial charge < -0.3 is 0 Å². The second-order valence-corrected chi connectivity index (χ2v) is 9.29. The molecule has 0 spiro atoms. The molecule has 6 nitrogen and oxygen atoms in total. The van der Waals surface area contributed by atoms with Crippen molar-refractivity contribution in [3.63, 3.8) is 0 Å². The van der Waals surface area contributed by atoms with Gasteiger partial charge in [-0.05, 0) is 54.6 Å². The van der Waals surface area contributed by atoms with Gasteiger partial charge in [0.1, 0.15) is 16.2 Å². The van der Waals surface area contributed by atoms with Gasteiger partial charge in [-0.1, -0.05) is 13.0 Å². The molecule has 0 amide bonds. The van der Waals surface area contributed by atoms with Crippen LogP contribution in [-0.4, -0.2) is 29.7 Å². The third-order valence-corrected chi connectivity index (χ3v) is 7.36. The quantitative estimate of drug-likeness (QED) is 0.341. The Kier molecular flexibility index (Phi) is 4.89. The monoisotopic (exact) mass is 420 g/mol. The number of aryl methyl sites for hydroxylation is 1. The molecule has 0 aliphatic heterocycles. The lowest BCUT2D eigenvalue weighted by molar-refractivity contribution is 0.509. The first-order valence-electron chi connectivity index (χ1n) is 9.62. The molecule has 4 aromatic rings. The number of fused-ring (bicyclic) bond motifs is 3. The van der Waals surface area contributed by atoms with Crippen molar-refractivity contribution in [2.75, 3.05) is 0 Å². The first-order chi connectivity index (χ1) is 14.2. The summed E-state index contributed by atoms with van der Waals surface area (Å²) >= 11 is 3.37. The summed E-state index contributed by atoms with van der Waals surface area (Å²) in [6.07, 6.45) is 10.5. The zero-order chi connectivity index (χ0) is 19.8. The molecule has 29 heavy (non-hydrogen) atoms. The maximum Gasteiger partial charge on any atom is 0.198 e. The minimum absolute atomic E-state index is 0.625. The largest absolute Gasteiger partial charge is 0.298 e. The normalized spacial score (nSPS) is 16.1. The van der Waals surface area contributed by atoms with Crippen LogP contribution in [0.5, 0.6) is 0 Å². The zero-order valence-electron chi connectivity index (χ0n) is 16.1. The van der Waals surface area contributed by atoms with Crippen molar-refractivity contribution in [2.24, 2.45) is 5.92 Å². The van der Waals surface area contributed by atoms with Gasteiger partial charge in [0.15, 0.2) is 11.0 Å². The van der Waals surface area contributed by atoms with E-state index in [0.29, 0.717) is 6.54 Å². The Labute approximate surface area is 177 Å². The fourth-order valence-electron chi connectivity index (χ4n) is 3.78. The zero-order valence-corrected chi connectivity index (χ0v) is 17.7. The number of pyridine rings is 1. The topological polar surface area (TPSA) is 69.4 Å². The molecule has 0 saturated carbocycles. The molecule has 0 radical (unpaired) electrons. The Hall–Kier alpha value is -2.58. The van der Waals surface area contributed by atoms with Gasteiger partial charge in [0.25, 0.3) is 0 Å². The molecule has 146 valence electrons. The molecule has 1 atom stereocenters. The fourth-order valence-corrected chi connectivity index (χ4v) is 6.14. The molecule has 0 unspecified atom stereocenters. The number of aromatic nitrogens is 6. The number of rotatable bonds is 5. The highest BCUT2D eigenvalue weighted by Crippen LogP contribution is 2.42. The average Bonchev–Trinajstić information content (AvgIpc) is 3.30. The SMILES string of the molecule is C=CCn1c(Sc2ncnc3sc4c(c23)CC[C@H](C)C4)nnc1-c1ccncc1. The highest BCUT2D eigenvalue weighted by Gasteiger charge is 2.24. The van der Waals surface area contributed by atoms with Crippen LogP contribution in [0, 0.1) is 5.92 Å². The first kappa shape index (κ1) is 18.4. The van der Waals surface area contributed by atoms with Crippen LogP contribution in [-0.2, 0) is 19.4 Å². The fraction of sp³-hybridized carbons (Fsp3) is 0.286. The van der Waals surface area contributed by atoms with Crippen molar-refractivity contribution >= 4 is 33.3 Å². The molecule has 1 aliphatic carbocycles. The molecule has 0 bridgehead atoms. The van der Waals surface area contributed by atoms with E-state index in [1.165, 1.54) is 22.2 Å². The number of hydrogen-bond acceptors (Lipinski definition) is 7. The van der Waals surface area contributed by atoms with Crippen molar-refractivity contribution in [1.29, 1.82) is 0 Å². The van der Waals surface area contributed by atoms with Gasteiger partial charge in [-0.2, -0.15) is 0 Å². The van der Waals surface area contributed by atoms with Crippen molar-refractivity contribution in [3.05, 3.63) is 53.9 Å². The standard InChI is InChI=1S/C21H20N6S2/c1-3-10-27-18(14-6-8-22-9-7-14)25-26-21(27)29-20-17-15-5-4-13(2)11-16(15)28-19(17)23-12-24-20/h3,6-9,12-13H,1,4-5,10-11H2,2H3/t13-/m0/s1. The minimum atomic E-state index is 0.625. The van der Waals surface area contributed by atoms with Crippen LogP contribution in [0.2, 0.25) is 0 Å². The summed E-state index contributed by atoms with van der Waals surface area (Å²) < 4.78 is 2.07. The van der Waals surface area contributed by atoms with Gasteiger partial charge in [-0.25, -0.2) is 9.97 Å². The molecule has 4 heterocycles. The highest BCUT2D eigenvalue weighted by molar-refractivity contribution is 7.99. The number of allylic oxidation sites excluding steroid dienone is 1. The Morgan fingerprint density at radius 2 is 2.14 bits per heavy atom. The van der Waals surface area contributed by atoms with Crippen LogP contribution < -0.4 is 0 Å². The predicted octanol–water partition coefficient (Wildman–Crippen LogP) is 4.81. The van der Waals surface area contributed by atoms with Crippen LogP contribution in [0.3, 0.4) is 0 Å². The molecule has 5 rings (SSSR count). The molecular weight excluding hydrogens is 400 g/mol. The van der Waals surface area contributed by atoms with Crippen LogP contribution in [0.4, 0.5) is 0 Å². The highest BCUT2D eigenvalue weighted by atomic mass is 32.2. The Morgan fingerprint density at radius 1 is 1.28 bits per heavy atom. The molecule has 0 fully saturated rings. The summed E-state index contributed by atoms with van der Waals surface area (Å²) in [4.78, 5) is 15.8. The lowest BCUT2D eigenvalue weighted by Gasteiger charge is -2.18. The lowest BCUT2D eigenvalue weighted by Crippen LogP contribution is -2.08. The first-order valence-corrected chi connectivity index (χ1v) is 11.3. The Balaban J connectivity index is 1.58. The number of thiophene rings is 1. The van der Waals surface area contributed by atoms with Gasteiger partial charge in [0, 0.05) is 34.8 Å².